The van der Waals surface area contributed by atoms with Gasteiger partial charge in [0.25, 0.3) is 11.8 Å². The number of aromatic nitrogens is 3. The summed E-state index contributed by atoms with van der Waals surface area (Å²) < 4.78 is 8.93. The summed E-state index contributed by atoms with van der Waals surface area (Å²) in [6, 6.07) is 17.0. The zero-order valence-electron chi connectivity index (χ0n) is 18.6. The van der Waals surface area contributed by atoms with Gasteiger partial charge in [0.1, 0.15) is 11.4 Å². The number of methoxy groups -OCH3 is 1. The molecular formula is C25H25N5O3. The van der Waals surface area contributed by atoms with Crippen molar-refractivity contribution in [3.63, 3.8) is 0 Å². The van der Waals surface area contributed by atoms with Gasteiger partial charge >= 0.3 is 0 Å². The third-order valence-electron chi connectivity index (χ3n) is 6.14. The second-order valence-electron chi connectivity index (χ2n) is 8.14. The minimum absolute atomic E-state index is 0.0511. The molecule has 0 bridgehead atoms. The molecule has 0 fully saturated rings. The Morgan fingerprint density at radius 3 is 2.61 bits per heavy atom. The van der Waals surface area contributed by atoms with E-state index in [1.165, 1.54) is 0 Å². The number of hydrogen-bond acceptors (Lipinski definition) is 4. The van der Waals surface area contributed by atoms with Crippen LogP contribution < -0.4 is 10.1 Å². The van der Waals surface area contributed by atoms with Gasteiger partial charge in [0.2, 0.25) is 0 Å². The van der Waals surface area contributed by atoms with E-state index in [0.717, 1.165) is 28.8 Å². The maximum atomic E-state index is 13.5. The van der Waals surface area contributed by atoms with Crippen molar-refractivity contribution < 1.29 is 14.3 Å². The predicted octanol–water partition coefficient (Wildman–Crippen LogP) is 3.68. The molecule has 3 heterocycles. The van der Waals surface area contributed by atoms with E-state index < -0.39 is 0 Å². The quantitative estimate of drug-likeness (QED) is 0.522. The Kier molecular flexibility index (Phi) is 5.34. The van der Waals surface area contributed by atoms with Crippen LogP contribution in [0.5, 0.6) is 5.75 Å². The average Bonchev–Trinajstić information content (AvgIpc) is 3.32. The molecule has 0 aliphatic carbocycles. The van der Waals surface area contributed by atoms with Gasteiger partial charge in [-0.15, -0.1) is 0 Å². The Morgan fingerprint density at radius 1 is 1.06 bits per heavy atom. The number of anilines is 1. The summed E-state index contributed by atoms with van der Waals surface area (Å²) in [5.74, 6) is 0.417. The predicted molar refractivity (Wildman–Crippen MR) is 125 cm³/mol. The summed E-state index contributed by atoms with van der Waals surface area (Å²) in [6.07, 6.45) is 2.35. The summed E-state index contributed by atoms with van der Waals surface area (Å²) >= 11 is 0. The number of aryl methyl sites for hydroxylation is 2. The molecule has 2 aromatic carbocycles. The summed E-state index contributed by atoms with van der Waals surface area (Å²) in [5, 5.41) is 8.36. The zero-order chi connectivity index (χ0) is 22.9. The summed E-state index contributed by atoms with van der Waals surface area (Å²) in [4.78, 5) is 28.3. The average molecular weight is 444 g/mol. The van der Waals surface area contributed by atoms with Crippen LogP contribution in [0.2, 0.25) is 0 Å². The van der Waals surface area contributed by atoms with Crippen molar-refractivity contribution >= 4 is 28.4 Å². The molecule has 0 radical (unpaired) electrons. The molecule has 0 spiro atoms. The van der Waals surface area contributed by atoms with Gasteiger partial charge in [-0.25, -0.2) is 0 Å². The van der Waals surface area contributed by atoms with Gasteiger partial charge in [-0.1, -0.05) is 18.2 Å². The Balaban J connectivity index is 1.40. The van der Waals surface area contributed by atoms with E-state index in [4.69, 9.17) is 4.74 Å². The van der Waals surface area contributed by atoms with Gasteiger partial charge in [-0.3, -0.25) is 14.3 Å². The van der Waals surface area contributed by atoms with E-state index in [2.05, 4.69) is 10.4 Å². The van der Waals surface area contributed by atoms with Crippen molar-refractivity contribution in [2.75, 3.05) is 19.0 Å². The van der Waals surface area contributed by atoms with Crippen LogP contribution in [-0.2, 0) is 20.1 Å². The first-order valence-corrected chi connectivity index (χ1v) is 10.9. The molecule has 33 heavy (non-hydrogen) atoms. The molecule has 5 rings (SSSR count). The second-order valence-corrected chi connectivity index (χ2v) is 8.14. The summed E-state index contributed by atoms with van der Waals surface area (Å²) in [7, 11) is 3.51. The first kappa shape index (κ1) is 20.8. The van der Waals surface area contributed by atoms with E-state index in [0.29, 0.717) is 36.6 Å². The van der Waals surface area contributed by atoms with Crippen LogP contribution in [0.3, 0.4) is 0 Å². The number of rotatable bonds is 4. The molecule has 1 aliphatic heterocycles. The Hall–Kier alpha value is -4.07. The van der Waals surface area contributed by atoms with Gasteiger partial charge in [-0.05, 0) is 42.8 Å². The zero-order valence-corrected chi connectivity index (χ0v) is 18.6. The van der Waals surface area contributed by atoms with Crippen LogP contribution in [0.25, 0.3) is 10.9 Å². The minimum Gasteiger partial charge on any atom is -0.497 e. The van der Waals surface area contributed by atoms with Crippen LogP contribution in [-0.4, -0.2) is 44.7 Å². The lowest BCUT2D eigenvalue weighted by atomic mass is 10.2. The molecule has 2 amide bonds. The van der Waals surface area contributed by atoms with Gasteiger partial charge in [0.05, 0.1) is 31.1 Å². The number of fused-ring (bicyclic) bond motifs is 2. The fourth-order valence-corrected chi connectivity index (χ4v) is 4.33. The van der Waals surface area contributed by atoms with Crippen molar-refractivity contribution in [2.45, 2.75) is 19.5 Å². The Morgan fingerprint density at radius 2 is 1.85 bits per heavy atom. The standard InChI is InChI=1S/C25H25N5O3/c1-28-21-7-4-3-6-17(21)14-22(28)25(32)29-12-5-13-30-23(16-29)20(15-26-30)24(31)27-18-8-10-19(33-2)11-9-18/h3-4,6-11,14-15H,5,12-13,16H2,1-2H3,(H,27,31). The number of ether oxygens (including phenoxy) is 1. The lowest BCUT2D eigenvalue weighted by molar-refractivity contribution is 0.0735. The Labute approximate surface area is 191 Å². The third-order valence-corrected chi connectivity index (χ3v) is 6.14. The number of carbonyl (C=O) groups excluding carboxylic acids is 2. The number of hydrogen-bond donors (Lipinski definition) is 1. The van der Waals surface area contributed by atoms with Crippen molar-refractivity contribution in [3.8, 4) is 5.75 Å². The number of nitrogens with one attached hydrogen (secondary N) is 1. The smallest absolute Gasteiger partial charge is 0.270 e. The highest BCUT2D eigenvalue weighted by Crippen LogP contribution is 2.24. The van der Waals surface area contributed by atoms with Crippen molar-refractivity contribution in [1.82, 2.24) is 19.2 Å². The molecule has 8 heteroatoms. The topological polar surface area (TPSA) is 81.4 Å². The van der Waals surface area contributed by atoms with Crippen molar-refractivity contribution in [1.29, 1.82) is 0 Å². The van der Waals surface area contributed by atoms with Crippen LogP contribution in [0.15, 0.2) is 60.8 Å². The molecule has 0 saturated carbocycles. The summed E-state index contributed by atoms with van der Waals surface area (Å²) in [6.45, 7) is 1.58. The minimum atomic E-state index is -0.250. The fraction of sp³-hybridized carbons (Fsp3) is 0.240. The fourth-order valence-electron chi connectivity index (χ4n) is 4.33. The molecule has 0 saturated heterocycles. The monoisotopic (exact) mass is 443 g/mol. The SMILES string of the molecule is COc1ccc(NC(=O)c2cnn3c2CN(C(=O)c2cc4ccccc4n2C)CCC3)cc1. The lowest BCUT2D eigenvalue weighted by Gasteiger charge is -2.21. The van der Waals surface area contributed by atoms with Crippen LogP contribution in [0, 0.1) is 0 Å². The highest BCUT2D eigenvalue weighted by molar-refractivity contribution is 6.05. The van der Waals surface area contributed by atoms with E-state index in [1.807, 2.05) is 46.6 Å². The van der Waals surface area contributed by atoms with E-state index >= 15 is 0 Å². The molecule has 2 aromatic heterocycles. The molecular weight excluding hydrogens is 418 g/mol. The van der Waals surface area contributed by atoms with Crippen LogP contribution in [0.4, 0.5) is 5.69 Å². The lowest BCUT2D eigenvalue weighted by Crippen LogP contribution is -2.32. The maximum absolute atomic E-state index is 13.5. The molecule has 8 nitrogen and oxygen atoms in total. The number of benzene rings is 2. The van der Waals surface area contributed by atoms with E-state index in [9.17, 15) is 9.59 Å². The molecule has 1 aliphatic rings. The molecule has 4 aromatic rings. The molecule has 1 N–H and O–H groups in total. The Bertz CT molecular complexity index is 1340. The number of nitrogens with zero attached hydrogens (tertiary/aromatic N) is 4. The van der Waals surface area contributed by atoms with Gasteiger partial charge in [0, 0.05) is 36.7 Å². The first-order chi connectivity index (χ1) is 16.0. The highest BCUT2D eigenvalue weighted by atomic mass is 16.5. The highest BCUT2D eigenvalue weighted by Gasteiger charge is 2.27. The maximum Gasteiger partial charge on any atom is 0.270 e. The molecule has 0 unspecified atom stereocenters. The third kappa shape index (κ3) is 3.84. The van der Waals surface area contributed by atoms with Crippen molar-refractivity contribution in [2.24, 2.45) is 7.05 Å². The van der Waals surface area contributed by atoms with Crippen molar-refractivity contribution in [3.05, 3.63) is 77.7 Å². The number of amides is 2. The van der Waals surface area contributed by atoms with Gasteiger partial charge in [-0.2, -0.15) is 5.10 Å². The largest absolute Gasteiger partial charge is 0.497 e. The summed E-state index contributed by atoms with van der Waals surface area (Å²) in [5.41, 5.74) is 3.53. The second kappa shape index (κ2) is 8.46. The van der Waals surface area contributed by atoms with Gasteiger partial charge in [0.15, 0.2) is 0 Å². The molecule has 168 valence electrons. The van der Waals surface area contributed by atoms with E-state index in [1.54, 1.807) is 42.5 Å². The van der Waals surface area contributed by atoms with Crippen LogP contribution in [0.1, 0.15) is 33.0 Å². The van der Waals surface area contributed by atoms with Gasteiger partial charge < -0.3 is 19.5 Å². The van der Waals surface area contributed by atoms with E-state index in [-0.39, 0.29) is 11.8 Å². The number of para-hydroxylation sites is 1. The molecule has 0 atom stereocenters. The normalized spacial score (nSPS) is 13.5. The first-order valence-electron chi connectivity index (χ1n) is 10.9. The van der Waals surface area contributed by atoms with Crippen LogP contribution >= 0.6 is 0 Å². The number of carbonyl (C=O) groups is 2.